The lowest BCUT2D eigenvalue weighted by Crippen LogP contribution is -2.51. The van der Waals surface area contributed by atoms with Crippen molar-refractivity contribution in [1.82, 2.24) is 20.4 Å². The number of aromatic nitrogens is 2. The largest absolute Gasteiger partial charge is 0.444 e. The molecular weight excluding hydrogens is 292 g/mol. The Morgan fingerprint density at radius 1 is 1.43 bits per heavy atom. The predicted octanol–water partition coefficient (Wildman–Crippen LogP) is 2.14. The van der Waals surface area contributed by atoms with Gasteiger partial charge in [0.2, 0.25) is 0 Å². The Balaban J connectivity index is 1.47. The number of hydrogen-bond acceptors (Lipinski definition) is 4. The second-order valence-corrected chi connectivity index (χ2v) is 8.27. The molecule has 1 aromatic rings. The highest BCUT2D eigenvalue weighted by Gasteiger charge is 2.60. The van der Waals surface area contributed by atoms with E-state index < -0.39 is 5.60 Å². The summed E-state index contributed by atoms with van der Waals surface area (Å²) >= 11 is 0. The second kappa shape index (κ2) is 5.23. The summed E-state index contributed by atoms with van der Waals surface area (Å²) in [6.07, 6.45) is 4.11. The molecule has 1 amide bonds. The summed E-state index contributed by atoms with van der Waals surface area (Å²) in [5.74, 6) is 2.00. The summed E-state index contributed by atoms with van der Waals surface area (Å²) in [5.41, 5.74) is 0.654. The molecule has 3 fully saturated rings. The zero-order chi connectivity index (χ0) is 16.2. The number of carbonyl (C=O) groups is 1. The van der Waals surface area contributed by atoms with Gasteiger partial charge < -0.3 is 15.0 Å². The van der Waals surface area contributed by atoms with Gasteiger partial charge in [0.25, 0.3) is 0 Å². The van der Waals surface area contributed by atoms with Crippen LogP contribution in [0.1, 0.15) is 39.3 Å². The molecule has 4 rings (SSSR count). The molecule has 2 heterocycles. The number of aromatic amines is 1. The third-order valence-electron chi connectivity index (χ3n) is 5.61. The molecular formula is C17H26N4O2. The van der Waals surface area contributed by atoms with E-state index in [1.165, 1.54) is 12.8 Å². The number of likely N-dealkylation sites (tertiary alicyclic amines) is 1. The van der Waals surface area contributed by atoms with E-state index in [0.29, 0.717) is 23.8 Å². The van der Waals surface area contributed by atoms with Crippen LogP contribution in [0.4, 0.5) is 4.79 Å². The third kappa shape index (κ3) is 2.63. The number of H-pyrrole nitrogens is 1. The van der Waals surface area contributed by atoms with Crippen LogP contribution in [-0.2, 0) is 11.3 Å². The first-order chi connectivity index (χ1) is 10.9. The number of hydrogen-bond donors (Lipinski definition) is 2. The van der Waals surface area contributed by atoms with E-state index in [2.05, 4.69) is 15.5 Å². The van der Waals surface area contributed by atoms with Gasteiger partial charge in [0.15, 0.2) is 0 Å². The number of ether oxygens (including phenoxy) is 1. The van der Waals surface area contributed by atoms with Gasteiger partial charge in [0.1, 0.15) is 5.60 Å². The van der Waals surface area contributed by atoms with E-state index in [0.717, 1.165) is 18.8 Å². The number of fused-ring (bicyclic) bond motifs is 1. The first kappa shape index (κ1) is 15.0. The molecule has 2 N–H and O–H groups in total. The molecule has 3 aliphatic rings. The Morgan fingerprint density at radius 2 is 2.26 bits per heavy atom. The number of nitrogens with zero attached hydrogens (tertiary/aromatic N) is 2. The van der Waals surface area contributed by atoms with Crippen LogP contribution in [0.5, 0.6) is 0 Å². The minimum absolute atomic E-state index is 0.147. The van der Waals surface area contributed by atoms with Gasteiger partial charge in [-0.3, -0.25) is 5.10 Å². The van der Waals surface area contributed by atoms with E-state index in [9.17, 15) is 4.79 Å². The summed E-state index contributed by atoms with van der Waals surface area (Å²) in [7, 11) is 0. The van der Waals surface area contributed by atoms with Crippen molar-refractivity contribution < 1.29 is 9.53 Å². The molecule has 6 nitrogen and oxygen atoms in total. The average molecular weight is 318 g/mol. The maximum atomic E-state index is 12.6. The van der Waals surface area contributed by atoms with Crippen molar-refractivity contribution in [3.05, 3.63) is 18.0 Å². The number of carbonyl (C=O) groups excluding carboxylic acids is 1. The van der Waals surface area contributed by atoms with Gasteiger partial charge >= 0.3 is 6.09 Å². The Hall–Kier alpha value is -1.56. The van der Waals surface area contributed by atoms with Crippen molar-refractivity contribution in [1.29, 1.82) is 0 Å². The van der Waals surface area contributed by atoms with Gasteiger partial charge in [-0.1, -0.05) is 0 Å². The zero-order valence-corrected chi connectivity index (χ0v) is 14.1. The predicted molar refractivity (Wildman–Crippen MR) is 85.6 cm³/mol. The lowest BCUT2D eigenvalue weighted by atomic mass is 9.86. The van der Waals surface area contributed by atoms with E-state index in [-0.39, 0.29) is 12.1 Å². The van der Waals surface area contributed by atoms with Crippen molar-refractivity contribution in [2.75, 3.05) is 6.54 Å². The van der Waals surface area contributed by atoms with Gasteiger partial charge in [0, 0.05) is 31.0 Å². The number of nitrogens with one attached hydrogen (secondary N) is 2. The normalized spacial score (nSPS) is 35.1. The smallest absolute Gasteiger partial charge is 0.410 e. The van der Waals surface area contributed by atoms with Gasteiger partial charge in [-0.05, 0) is 57.4 Å². The molecule has 0 aromatic carbocycles. The van der Waals surface area contributed by atoms with Crippen molar-refractivity contribution in [2.24, 2.45) is 17.8 Å². The molecule has 2 saturated carbocycles. The Morgan fingerprint density at radius 3 is 2.96 bits per heavy atom. The molecule has 0 spiro atoms. The standard InChI is InChI=1S/C17H26N4O2/c1-17(2,3)23-16(22)21-9-11-6-10-7-13(11)15(21)14(10)18-8-12-4-5-19-20-12/h4-5,10-11,13-15,18H,6-9H2,1-3H3,(H,19,20). The topological polar surface area (TPSA) is 70.2 Å². The summed E-state index contributed by atoms with van der Waals surface area (Å²) in [5, 5.41) is 10.7. The van der Waals surface area contributed by atoms with Crippen molar-refractivity contribution >= 4 is 6.09 Å². The van der Waals surface area contributed by atoms with Crippen LogP contribution in [0.15, 0.2) is 12.3 Å². The molecule has 6 heteroatoms. The van der Waals surface area contributed by atoms with Crippen molar-refractivity contribution in [3.63, 3.8) is 0 Å². The number of rotatable bonds is 3. The fourth-order valence-electron chi connectivity index (χ4n) is 4.88. The number of amides is 1. The van der Waals surface area contributed by atoms with Crippen LogP contribution in [0.3, 0.4) is 0 Å². The molecule has 1 aliphatic heterocycles. The molecule has 2 aliphatic carbocycles. The van der Waals surface area contributed by atoms with Crippen LogP contribution < -0.4 is 5.32 Å². The SMILES string of the molecule is CC(C)(C)OC(=O)N1CC2CC3CC2C1C3NCc1ccn[nH]1. The van der Waals surface area contributed by atoms with Gasteiger partial charge in [0.05, 0.1) is 6.04 Å². The molecule has 23 heavy (non-hydrogen) atoms. The fourth-order valence-corrected chi connectivity index (χ4v) is 4.88. The minimum atomic E-state index is -0.435. The summed E-state index contributed by atoms with van der Waals surface area (Å²) < 4.78 is 5.64. The summed E-state index contributed by atoms with van der Waals surface area (Å²) in [4.78, 5) is 14.6. The lowest BCUT2D eigenvalue weighted by Gasteiger charge is -2.34. The molecule has 1 saturated heterocycles. The summed E-state index contributed by atoms with van der Waals surface area (Å²) in [6.45, 7) is 7.43. The van der Waals surface area contributed by atoms with E-state index in [1.54, 1.807) is 6.20 Å². The average Bonchev–Trinajstić information content (AvgIpc) is 3.15. The highest BCUT2D eigenvalue weighted by Crippen LogP contribution is 2.55. The van der Waals surface area contributed by atoms with Crippen LogP contribution in [-0.4, -0.2) is 45.4 Å². The minimum Gasteiger partial charge on any atom is -0.444 e. The van der Waals surface area contributed by atoms with Crippen molar-refractivity contribution in [2.45, 2.75) is 57.8 Å². The van der Waals surface area contributed by atoms with E-state index in [4.69, 9.17) is 4.74 Å². The first-order valence-electron chi connectivity index (χ1n) is 8.63. The second-order valence-electron chi connectivity index (χ2n) is 8.27. The van der Waals surface area contributed by atoms with Gasteiger partial charge in [-0.15, -0.1) is 0 Å². The van der Waals surface area contributed by atoms with Crippen LogP contribution in [0.2, 0.25) is 0 Å². The third-order valence-corrected chi connectivity index (χ3v) is 5.61. The Bertz CT molecular complexity index is 578. The van der Waals surface area contributed by atoms with Crippen molar-refractivity contribution in [3.8, 4) is 0 Å². The van der Waals surface area contributed by atoms with Crippen LogP contribution >= 0.6 is 0 Å². The first-order valence-corrected chi connectivity index (χ1v) is 8.63. The molecule has 2 bridgehead atoms. The molecule has 5 atom stereocenters. The fraction of sp³-hybridized carbons (Fsp3) is 0.765. The summed E-state index contributed by atoms with van der Waals surface area (Å²) in [6, 6.07) is 2.65. The highest BCUT2D eigenvalue weighted by atomic mass is 16.6. The molecule has 5 unspecified atom stereocenters. The van der Waals surface area contributed by atoms with Gasteiger partial charge in [-0.2, -0.15) is 5.10 Å². The highest BCUT2D eigenvalue weighted by molar-refractivity contribution is 5.69. The Labute approximate surface area is 137 Å². The van der Waals surface area contributed by atoms with Crippen LogP contribution in [0.25, 0.3) is 0 Å². The van der Waals surface area contributed by atoms with E-state index in [1.807, 2.05) is 31.7 Å². The Kier molecular flexibility index (Phi) is 3.41. The maximum absolute atomic E-state index is 12.6. The van der Waals surface area contributed by atoms with E-state index >= 15 is 0 Å². The molecule has 0 radical (unpaired) electrons. The van der Waals surface area contributed by atoms with Gasteiger partial charge in [-0.25, -0.2) is 4.79 Å². The molecule has 1 aromatic heterocycles. The lowest BCUT2D eigenvalue weighted by molar-refractivity contribution is 0.0193. The maximum Gasteiger partial charge on any atom is 0.410 e. The van der Waals surface area contributed by atoms with Crippen LogP contribution in [0, 0.1) is 17.8 Å². The quantitative estimate of drug-likeness (QED) is 0.896. The zero-order valence-electron chi connectivity index (χ0n) is 14.1. The molecule has 126 valence electrons. The monoisotopic (exact) mass is 318 g/mol.